The Morgan fingerprint density at radius 3 is 2.72 bits per heavy atom. The van der Waals surface area contributed by atoms with E-state index < -0.39 is 0 Å². The second-order valence-corrected chi connectivity index (χ2v) is 5.92. The third-order valence-corrected chi connectivity index (χ3v) is 4.67. The van der Waals surface area contributed by atoms with Gasteiger partial charge in [-0.25, -0.2) is 4.98 Å². The second kappa shape index (κ2) is 8.89. The number of aryl methyl sites for hydroxylation is 1. The molecule has 0 saturated heterocycles. The van der Waals surface area contributed by atoms with Crippen LogP contribution < -0.4 is 0 Å². The minimum absolute atomic E-state index is 0.536. The van der Waals surface area contributed by atoms with E-state index in [1.165, 1.54) is 30.8 Å². The lowest BCUT2D eigenvalue weighted by molar-refractivity contribution is 0.211. The summed E-state index contributed by atoms with van der Waals surface area (Å²) in [7, 11) is 0. The summed E-state index contributed by atoms with van der Waals surface area (Å²) >= 11 is 7.49. The van der Waals surface area contributed by atoms with Gasteiger partial charge in [0.15, 0.2) is 0 Å². The molecule has 1 heterocycles. The second-order valence-electron chi connectivity index (χ2n) is 4.71. The van der Waals surface area contributed by atoms with Crippen LogP contribution in [0.15, 0.2) is 5.38 Å². The molecular formula is C14H25ClN2S. The van der Waals surface area contributed by atoms with Gasteiger partial charge in [-0.2, -0.15) is 0 Å². The van der Waals surface area contributed by atoms with Gasteiger partial charge in [-0.05, 0) is 45.7 Å². The maximum atomic E-state index is 5.75. The Bertz CT molecular complexity index is 327. The standard InChI is InChI=1S/C14H25ClN2S/c1-4-12(3)17(5-2)9-7-6-8-14-16-13(10-15)11-18-14/h11-12H,4-10H2,1-3H3. The van der Waals surface area contributed by atoms with Gasteiger partial charge in [0.2, 0.25) is 0 Å². The Balaban J connectivity index is 2.21. The van der Waals surface area contributed by atoms with Gasteiger partial charge in [-0.3, -0.25) is 0 Å². The average molecular weight is 289 g/mol. The minimum Gasteiger partial charge on any atom is -0.301 e. The minimum atomic E-state index is 0.536. The normalized spacial score (nSPS) is 13.2. The number of thiazole rings is 1. The number of rotatable bonds is 9. The largest absolute Gasteiger partial charge is 0.301 e. The lowest BCUT2D eigenvalue weighted by Crippen LogP contribution is -2.33. The maximum absolute atomic E-state index is 5.75. The van der Waals surface area contributed by atoms with Gasteiger partial charge in [-0.1, -0.05) is 13.8 Å². The predicted octanol–water partition coefficient (Wildman–Crippen LogP) is 4.33. The molecule has 0 saturated carbocycles. The maximum Gasteiger partial charge on any atom is 0.0928 e. The third kappa shape index (κ3) is 5.25. The van der Waals surface area contributed by atoms with Gasteiger partial charge >= 0.3 is 0 Å². The summed E-state index contributed by atoms with van der Waals surface area (Å²) in [4.78, 5) is 7.05. The van der Waals surface area contributed by atoms with Crippen LogP contribution in [0.4, 0.5) is 0 Å². The quantitative estimate of drug-likeness (QED) is 0.497. The van der Waals surface area contributed by atoms with Crippen molar-refractivity contribution in [2.45, 2.75) is 58.4 Å². The Hall–Kier alpha value is -0.120. The Labute approximate surface area is 120 Å². The monoisotopic (exact) mass is 288 g/mol. The number of halogens is 1. The Morgan fingerprint density at radius 2 is 2.17 bits per heavy atom. The average Bonchev–Trinajstić information content (AvgIpc) is 2.86. The van der Waals surface area contributed by atoms with Crippen LogP contribution >= 0.6 is 22.9 Å². The molecule has 2 nitrogen and oxygen atoms in total. The first-order valence-electron chi connectivity index (χ1n) is 6.94. The lowest BCUT2D eigenvalue weighted by atomic mass is 10.2. The zero-order valence-corrected chi connectivity index (χ0v) is 13.4. The van der Waals surface area contributed by atoms with Gasteiger partial charge in [0.1, 0.15) is 0 Å². The fraction of sp³-hybridized carbons (Fsp3) is 0.786. The van der Waals surface area contributed by atoms with Crippen molar-refractivity contribution in [3.63, 3.8) is 0 Å². The number of nitrogens with zero attached hydrogens (tertiary/aromatic N) is 2. The van der Waals surface area contributed by atoms with E-state index in [2.05, 4.69) is 36.0 Å². The fourth-order valence-corrected chi connectivity index (χ4v) is 3.13. The molecule has 0 bridgehead atoms. The molecule has 1 unspecified atom stereocenters. The number of unbranched alkanes of at least 4 members (excludes halogenated alkanes) is 1. The number of hydrogen-bond acceptors (Lipinski definition) is 3. The van der Waals surface area contributed by atoms with Crippen LogP contribution in [-0.2, 0) is 12.3 Å². The van der Waals surface area contributed by atoms with Crippen molar-refractivity contribution in [2.75, 3.05) is 13.1 Å². The molecule has 1 rings (SSSR count). The molecule has 0 radical (unpaired) electrons. The van der Waals surface area contributed by atoms with E-state index in [0.29, 0.717) is 11.9 Å². The fourth-order valence-electron chi connectivity index (χ4n) is 2.06. The highest BCUT2D eigenvalue weighted by atomic mass is 35.5. The molecule has 0 aliphatic carbocycles. The van der Waals surface area contributed by atoms with Crippen molar-refractivity contribution >= 4 is 22.9 Å². The molecule has 1 aromatic rings. The molecule has 0 aliphatic rings. The summed E-state index contributed by atoms with van der Waals surface area (Å²) in [5.74, 6) is 0.536. The van der Waals surface area contributed by atoms with Crippen molar-refractivity contribution in [3.05, 3.63) is 16.1 Å². The highest BCUT2D eigenvalue weighted by Crippen LogP contribution is 2.14. The first-order valence-corrected chi connectivity index (χ1v) is 8.35. The number of alkyl halides is 1. The van der Waals surface area contributed by atoms with Crippen LogP contribution in [0.25, 0.3) is 0 Å². The molecule has 0 fully saturated rings. The molecule has 0 spiro atoms. The molecule has 104 valence electrons. The summed E-state index contributed by atoms with van der Waals surface area (Å²) in [5.41, 5.74) is 1.02. The van der Waals surface area contributed by atoms with Gasteiger partial charge in [0.25, 0.3) is 0 Å². The highest BCUT2D eigenvalue weighted by molar-refractivity contribution is 7.09. The molecule has 4 heteroatoms. The summed E-state index contributed by atoms with van der Waals surface area (Å²) in [5, 5.41) is 3.30. The van der Waals surface area contributed by atoms with E-state index in [4.69, 9.17) is 11.6 Å². The number of aromatic nitrogens is 1. The Kier molecular flexibility index (Phi) is 7.87. The molecule has 0 amide bonds. The van der Waals surface area contributed by atoms with E-state index in [1.54, 1.807) is 11.3 Å². The van der Waals surface area contributed by atoms with Crippen molar-refractivity contribution < 1.29 is 0 Å². The van der Waals surface area contributed by atoms with Crippen LogP contribution in [0, 0.1) is 0 Å². The van der Waals surface area contributed by atoms with E-state index in [9.17, 15) is 0 Å². The lowest BCUT2D eigenvalue weighted by Gasteiger charge is -2.26. The van der Waals surface area contributed by atoms with Crippen LogP contribution in [-0.4, -0.2) is 29.0 Å². The molecule has 18 heavy (non-hydrogen) atoms. The van der Waals surface area contributed by atoms with E-state index in [-0.39, 0.29) is 0 Å². The number of hydrogen-bond donors (Lipinski definition) is 0. The summed E-state index contributed by atoms with van der Waals surface area (Å²) in [6.45, 7) is 9.19. The summed E-state index contributed by atoms with van der Waals surface area (Å²) in [6, 6.07) is 0.706. The highest BCUT2D eigenvalue weighted by Gasteiger charge is 2.09. The topological polar surface area (TPSA) is 16.1 Å². The van der Waals surface area contributed by atoms with Gasteiger partial charge in [0.05, 0.1) is 16.6 Å². The zero-order valence-electron chi connectivity index (χ0n) is 11.8. The smallest absolute Gasteiger partial charge is 0.0928 e. The van der Waals surface area contributed by atoms with Crippen molar-refractivity contribution in [1.82, 2.24) is 9.88 Å². The molecule has 1 atom stereocenters. The first kappa shape index (κ1) is 15.9. The van der Waals surface area contributed by atoms with Crippen LogP contribution in [0.5, 0.6) is 0 Å². The predicted molar refractivity (Wildman–Crippen MR) is 81.6 cm³/mol. The molecule has 0 N–H and O–H groups in total. The third-order valence-electron chi connectivity index (χ3n) is 3.44. The molecular weight excluding hydrogens is 264 g/mol. The Morgan fingerprint density at radius 1 is 1.39 bits per heavy atom. The molecule has 1 aromatic heterocycles. The van der Waals surface area contributed by atoms with Gasteiger partial charge < -0.3 is 4.90 Å². The van der Waals surface area contributed by atoms with Crippen molar-refractivity contribution in [2.24, 2.45) is 0 Å². The SMILES string of the molecule is CCC(C)N(CC)CCCCc1nc(CCl)cs1. The van der Waals surface area contributed by atoms with E-state index >= 15 is 0 Å². The molecule has 0 aliphatic heterocycles. The van der Waals surface area contributed by atoms with E-state index in [0.717, 1.165) is 18.7 Å². The summed E-state index contributed by atoms with van der Waals surface area (Å²) < 4.78 is 0. The van der Waals surface area contributed by atoms with Crippen LogP contribution in [0.3, 0.4) is 0 Å². The van der Waals surface area contributed by atoms with Crippen molar-refractivity contribution in [1.29, 1.82) is 0 Å². The van der Waals surface area contributed by atoms with Gasteiger partial charge in [-0.15, -0.1) is 22.9 Å². The summed E-state index contributed by atoms with van der Waals surface area (Å²) in [6.07, 6.45) is 4.81. The molecule has 0 aromatic carbocycles. The zero-order chi connectivity index (χ0) is 13.4. The van der Waals surface area contributed by atoms with Crippen LogP contribution in [0.1, 0.15) is 50.7 Å². The van der Waals surface area contributed by atoms with Crippen molar-refractivity contribution in [3.8, 4) is 0 Å². The van der Waals surface area contributed by atoms with E-state index in [1.807, 2.05) is 0 Å². The van der Waals surface area contributed by atoms with Crippen LogP contribution in [0.2, 0.25) is 0 Å². The first-order chi connectivity index (χ1) is 8.71. The van der Waals surface area contributed by atoms with Gasteiger partial charge in [0, 0.05) is 11.4 Å².